The van der Waals surface area contributed by atoms with E-state index >= 15 is 0 Å². The van der Waals surface area contributed by atoms with Gasteiger partial charge < -0.3 is 20.8 Å². The van der Waals surface area contributed by atoms with E-state index in [4.69, 9.17) is 10.8 Å². The largest absolute Gasteiger partial charge is 0.480 e. The molecule has 0 aromatic heterocycles. The van der Waals surface area contributed by atoms with Crippen LogP contribution in [0.15, 0.2) is 0 Å². The lowest BCUT2D eigenvalue weighted by molar-refractivity contribution is -0.148. The first-order valence-electron chi connectivity index (χ1n) is 5.70. The molecule has 6 heteroatoms. The molecule has 1 amide bonds. The predicted octanol–water partition coefficient (Wildman–Crippen LogP) is -0.450. The molecule has 4 N–H and O–H groups in total. The fraction of sp³-hybridized carbons (Fsp3) is 0.818. The third-order valence-corrected chi connectivity index (χ3v) is 2.87. The van der Waals surface area contributed by atoms with Crippen LogP contribution in [-0.4, -0.2) is 51.2 Å². The summed E-state index contributed by atoms with van der Waals surface area (Å²) in [6, 6.07) is -0.904. The Balaban J connectivity index is 2.59. The van der Waals surface area contributed by atoms with E-state index in [2.05, 4.69) is 0 Å². The fourth-order valence-electron chi connectivity index (χ4n) is 1.90. The highest BCUT2D eigenvalue weighted by Gasteiger charge is 2.38. The van der Waals surface area contributed by atoms with E-state index in [0.717, 1.165) is 0 Å². The summed E-state index contributed by atoms with van der Waals surface area (Å²) >= 11 is 0. The van der Waals surface area contributed by atoms with Crippen LogP contribution < -0.4 is 5.73 Å². The zero-order valence-electron chi connectivity index (χ0n) is 10.2. The molecule has 1 heterocycles. The second-order valence-electron chi connectivity index (χ2n) is 5.28. The number of hydrogen-bond donors (Lipinski definition) is 3. The highest BCUT2D eigenvalue weighted by molar-refractivity contribution is 5.84. The maximum Gasteiger partial charge on any atom is 0.326 e. The molecule has 0 aromatic carbocycles. The summed E-state index contributed by atoms with van der Waals surface area (Å²) in [5.74, 6) is -1.32. The van der Waals surface area contributed by atoms with E-state index in [9.17, 15) is 14.7 Å². The first-order chi connectivity index (χ1) is 7.70. The molecule has 17 heavy (non-hydrogen) atoms. The third kappa shape index (κ3) is 3.98. The van der Waals surface area contributed by atoms with Crippen LogP contribution in [0.5, 0.6) is 0 Å². The van der Waals surface area contributed by atoms with Crippen molar-refractivity contribution in [3.05, 3.63) is 0 Å². The number of nitrogens with two attached hydrogens (primary N) is 1. The first-order valence-corrected chi connectivity index (χ1v) is 5.70. The second kappa shape index (κ2) is 5.01. The van der Waals surface area contributed by atoms with Gasteiger partial charge in [0.2, 0.25) is 5.91 Å². The summed E-state index contributed by atoms with van der Waals surface area (Å²) < 4.78 is 0. The smallest absolute Gasteiger partial charge is 0.326 e. The zero-order valence-corrected chi connectivity index (χ0v) is 10.2. The van der Waals surface area contributed by atoms with Gasteiger partial charge in [0, 0.05) is 24.9 Å². The number of aliphatic hydroxyl groups is 1. The van der Waals surface area contributed by atoms with Gasteiger partial charge in [-0.1, -0.05) is 0 Å². The van der Waals surface area contributed by atoms with Gasteiger partial charge in [-0.2, -0.15) is 0 Å². The minimum absolute atomic E-state index is 0.0980. The number of rotatable bonds is 4. The number of aliphatic hydroxyl groups excluding tert-OH is 1. The number of carbonyl (C=O) groups excluding carboxylic acids is 1. The van der Waals surface area contributed by atoms with Crippen LogP contribution in [0.3, 0.4) is 0 Å². The maximum absolute atomic E-state index is 11.8. The maximum atomic E-state index is 11.8. The average Bonchev–Trinajstić information content (AvgIpc) is 2.55. The van der Waals surface area contributed by atoms with Crippen molar-refractivity contribution in [2.24, 2.45) is 5.73 Å². The molecule has 0 aliphatic carbocycles. The van der Waals surface area contributed by atoms with Crippen molar-refractivity contribution in [3.63, 3.8) is 0 Å². The molecule has 0 aromatic rings. The van der Waals surface area contributed by atoms with E-state index in [1.807, 2.05) is 13.8 Å². The minimum atomic E-state index is -1.07. The summed E-state index contributed by atoms with van der Waals surface area (Å²) in [6.45, 7) is 3.72. The van der Waals surface area contributed by atoms with Gasteiger partial charge in [0.15, 0.2) is 0 Å². The van der Waals surface area contributed by atoms with Gasteiger partial charge in [0.1, 0.15) is 6.04 Å². The molecule has 0 spiro atoms. The number of nitrogens with zero attached hydrogens (tertiary/aromatic N) is 1. The lowest BCUT2D eigenvalue weighted by atomic mass is 9.99. The van der Waals surface area contributed by atoms with E-state index in [1.54, 1.807) is 0 Å². The molecule has 1 saturated heterocycles. The number of carboxylic acid groups (broad SMARTS) is 1. The van der Waals surface area contributed by atoms with Crippen molar-refractivity contribution in [2.75, 3.05) is 6.54 Å². The molecule has 6 nitrogen and oxygen atoms in total. The quantitative estimate of drug-likeness (QED) is 0.621. The normalized spacial score (nSPS) is 25.1. The number of carbonyl (C=O) groups is 2. The molecule has 1 rings (SSSR count). The van der Waals surface area contributed by atoms with E-state index < -0.39 is 23.7 Å². The number of aliphatic carboxylic acids is 1. The number of β-amino-alcohol motifs (C(OH)–C–C–N with tert-alkyl or cyclic N) is 1. The number of hydrogen-bond acceptors (Lipinski definition) is 4. The first kappa shape index (κ1) is 13.9. The summed E-state index contributed by atoms with van der Waals surface area (Å²) in [6.07, 6.45) is 0.0589. The molecule has 0 saturated carbocycles. The van der Waals surface area contributed by atoms with Gasteiger partial charge in [-0.05, 0) is 20.3 Å². The van der Waals surface area contributed by atoms with Crippen molar-refractivity contribution in [1.82, 2.24) is 4.90 Å². The van der Waals surface area contributed by atoms with Crippen LogP contribution in [0, 0.1) is 0 Å². The molecule has 98 valence electrons. The van der Waals surface area contributed by atoms with Gasteiger partial charge in [0.05, 0.1) is 6.10 Å². The van der Waals surface area contributed by atoms with Crippen LogP contribution in [-0.2, 0) is 9.59 Å². The number of amides is 1. The van der Waals surface area contributed by atoms with Crippen molar-refractivity contribution in [3.8, 4) is 0 Å². The molecule has 1 aliphatic rings. The van der Waals surface area contributed by atoms with Gasteiger partial charge in [-0.15, -0.1) is 0 Å². The van der Waals surface area contributed by atoms with Crippen molar-refractivity contribution in [2.45, 2.75) is 50.8 Å². The molecule has 1 fully saturated rings. The monoisotopic (exact) mass is 244 g/mol. The van der Waals surface area contributed by atoms with Crippen LogP contribution >= 0.6 is 0 Å². The number of likely N-dealkylation sites (tertiary alicyclic amines) is 1. The fourth-order valence-corrected chi connectivity index (χ4v) is 1.90. The molecule has 2 atom stereocenters. The lowest BCUT2D eigenvalue weighted by Gasteiger charge is -2.24. The van der Waals surface area contributed by atoms with Crippen LogP contribution in [0.1, 0.15) is 33.1 Å². The Hall–Kier alpha value is -1.14. The lowest BCUT2D eigenvalue weighted by Crippen LogP contribution is -2.42. The Kier molecular flexibility index (Phi) is 4.11. The second-order valence-corrected chi connectivity index (χ2v) is 5.28. The Bertz CT molecular complexity index is 311. The topological polar surface area (TPSA) is 104 Å². The number of carboxylic acids is 1. The van der Waals surface area contributed by atoms with Gasteiger partial charge >= 0.3 is 5.97 Å². The van der Waals surface area contributed by atoms with Crippen LogP contribution in [0.25, 0.3) is 0 Å². The SMILES string of the molecule is CC(C)(N)CCC(=O)N1CC(O)C[C@H]1C(=O)O. The standard InChI is InChI=1S/C11H20N2O4/c1-11(2,12)4-3-9(15)13-6-7(14)5-8(13)10(16)17/h7-8,14H,3-6,12H2,1-2H3,(H,16,17)/t7?,8-/m0/s1. The highest BCUT2D eigenvalue weighted by atomic mass is 16.4. The van der Waals surface area contributed by atoms with Gasteiger partial charge in [-0.3, -0.25) is 4.79 Å². The van der Waals surface area contributed by atoms with Crippen molar-refractivity contribution in [1.29, 1.82) is 0 Å². The van der Waals surface area contributed by atoms with E-state index in [-0.39, 0.29) is 25.3 Å². The Morgan fingerprint density at radius 1 is 1.47 bits per heavy atom. The summed E-state index contributed by atoms with van der Waals surface area (Å²) in [7, 11) is 0. The molecule has 0 radical (unpaired) electrons. The van der Waals surface area contributed by atoms with Gasteiger partial charge in [-0.25, -0.2) is 4.79 Å². The average molecular weight is 244 g/mol. The highest BCUT2D eigenvalue weighted by Crippen LogP contribution is 2.20. The molecule has 1 aliphatic heterocycles. The molecule has 0 bridgehead atoms. The molecular weight excluding hydrogens is 224 g/mol. The zero-order chi connectivity index (χ0) is 13.2. The Labute approximate surface area is 100 Å². The predicted molar refractivity (Wildman–Crippen MR) is 61.3 cm³/mol. The van der Waals surface area contributed by atoms with Crippen LogP contribution in [0.4, 0.5) is 0 Å². The van der Waals surface area contributed by atoms with Gasteiger partial charge in [0.25, 0.3) is 0 Å². The minimum Gasteiger partial charge on any atom is -0.480 e. The molecular formula is C11H20N2O4. The van der Waals surface area contributed by atoms with Crippen molar-refractivity contribution >= 4 is 11.9 Å². The summed E-state index contributed by atoms with van der Waals surface area (Å²) in [5.41, 5.74) is 5.32. The molecule has 1 unspecified atom stereocenters. The third-order valence-electron chi connectivity index (χ3n) is 2.87. The Morgan fingerprint density at radius 3 is 2.53 bits per heavy atom. The van der Waals surface area contributed by atoms with E-state index in [0.29, 0.717) is 6.42 Å². The summed E-state index contributed by atoms with van der Waals surface area (Å²) in [4.78, 5) is 24.0. The van der Waals surface area contributed by atoms with E-state index in [1.165, 1.54) is 4.90 Å². The summed E-state index contributed by atoms with van der Waals surface area (Å²) in [5, 5.41) is 18.4. The van der Waals surface area contributed by atoms with Crippen LogP contribution in [0.2, 0.25) is 0 Å². The van der Waals surface area contributed by atoms with Crippen molar-refractivity contribution < 1.29 is 19.8 Å². The Morgan fingerprint density at radius 2 is 2.06 bits per heavy atom.